The van der Waals surface area contributed by atoms with E-state index < -0.39 is 47.4 Å². The van der Waals surface area contributed by atoms with Crippen LogP contribution in [0, 0.1) is 23.5 Å². The van der Waals surface area contributed by atoms with E-state index in [0.717, 1.165) is 23.8 Å². The van der Waals surface area contributed by atoms with E-state index >= 15 is 4.39 Å². The second kappa shape index (κ2) is 21.2. The van der Waals surface area contributed by atoms with E-state index in [1.807, 2.05) is 19.0 Å². The summed E-state index contributed by atoms with van der Waals surface area (Å²) < 4.78 is 113. The van der Waals surface area contributed by atoms with Gasteiger partial charge in [-0.05, 0) is 73.8 Å². The molecule has 0 fully saturated rings. The lowest BCUT2D eigenvalue weighted by Gasteiger charge is -2.10. The van der Waals surface area contributed by atoms with Gasteiger partial charge in [-0.2, -0.15) is 10.2 Å². The first-order valence-corrected chi connectivity index (χ1v) is 24.4. The maximum atomic E-state index is 15.8. The molecule has 4 aromatic carbocycles. The van der Waals surface area contributed by atoms with Crippen LogP contribution in [0.4, 0.5) is 20.4 Å². The molecule has 0 aliphatic carbocycles. The van der Waals surface area contributed by atoms with Crippen LogP contribution in [-0.2, 0) is 55.8 Å². The summed E-state index contributed by atoms with van der Waals surface area (Å²) in [6.45, 7) is 1.31. The summed E-state index contributed by atoms with van der Waals surface area (Å²) in [6, 6.07) is 14.9. The Morgan fingerprint density at radius 2 is 1.28 bits per heavy atom. The van der Waals surface area contributed by atoms with Gasteiger partial charge in [-0.15, -0.1) is 0 Å². The summed E-state index contributed by atoms with van der Waals surface area (Å²) in [6.07, 6.45) is 9.75. The standard InChI is InChI=1S/C47H43F2N11O10S2/c1-58(2)16-8-13-41(61)50-21-31-23-52-59(27-31)25-30-18-36(68-4)44-38(20-30)70-55-47(44)57-72(65,66)40-12-7-9-33(45(40)49)14-15-42(62)51-22-32-24-53-60(28-32)26-29-17-35(67-3)43-37(19-29)69-54-46(43)56-71(63,64)39-11-6-5-10-34(39)48/h5-13,17-20,23-24,27-28H,16,21-22,25-26H2,1-4H3,(H,50,61)(H,51,62)(H,54,56)(H,55,57)/b13-8+. The average molecular weight is 1020 g/mol. The average Bonchev–Trinajstić information content (AvgIpc) is 4.17. The van der Waals surface area contributed by atoms with E-state index in [1.54, 1.807) is 58.3 Å². The fraction of sp³-hybridized carbons (Fsp3) is 0.191. The highest BCUT2D eigenvalue weighted by molar-refractivity contribution is 7.93. The van der Waals surface area contributed by atoms with Crippen molar-refractivity contribution in [2.45, 2.75) is 36.0 Å². The van der Waals surface area contributed by atoms with Gasteiger partial charge in [0.2, 0.25) is 5.91 Å². The Bertz CT molecular complexity index is 3670. The molecule has 0 bridgehead atoms. The minimum atomic E-state index is -4.65. The minimum absolute atomic E-state index is 0.0258. The lowest BCUT2D eigenvalue weighted by molar-refractivity contribution is -0.117. The van der Waals surface area contributed by atoms with Crippen LogP contribution in [0.2, 0.25) is 0 Å². The number of nitrogens with one attached hydrogen (secondary N) is 4. The van der Waals surface area contributed by atoms with Gasteiger partial charge in [-0.3, -0.25) is 28.4 Å². The maximum Gasteiger partial charge on any atom is 0.296 e. The molecule has 0 aliphatic rings. The molecule has 0 saturated heterocycles. The monoisotopic (exact) mass is 1020 g/mol. The third-order valence-electron chi connectivity index (χ3n) is 10.5. The van der Waals surface area contributed by atoms with Crippen molar-refractivity contribution in [3.63, 3.8) is 0 Å². The Kier molecular flexibility index (Phi) is 14.6. The molecule has 0 atom stereocenters. The van der Waals surface area contributed by atoms with Crippen LogP contribution in [-0.4, -0.2) is 98.3 Å². The van der Waals surface area contributed by atoms with Crippen molar-refractivity contribution < 1.29 is 53.7 Å². The molecule has 8 rings (SSSR count). The summed E-state index contributed by atoms with van der Waals surface area (Å²) in [5, 5.41) is 22.2. The Labute approximate surface area is 409 Å². The van der Waals surface area contributed by atoms with Crippen LogP contribution in [0.1, 0.15) is 27.8 Å². The number of fused-ring (bicyclic) bond motifs is 2. The normalized spacial score (nSPS) is 11.8. The van der Waals surface area contributed by atoms with E-state index in [0.29, 0.717) is 23.2 Å². The molecule has 0 saturated carbocycles. The largest absolute Gasteiger partial charge is 0.496 e. The molecular weight excluding hydrogens is 981 g/mol. The van der Waals surface area contributed by atoms with Gasteiger partial charge in [0, 0.05) is 55.2 Å². The third-order valence-corrected chi connectivity index (χ3v) is 13.2. The van der Waals surface area contributed by atoms with Crippen molar-refractivity contribution >= 4 is 65.4 Å². The number of halogens is 2. The number of anilines is 2. The fourth-order valence-electron chi connectivity index (χ4n) is 7.18. The molecule has 372 valence electrons. The Balaban J connectivity index is 0.877. The highest BCUT2D eigenvalue weighted by atomic mass is 32.2. The van der Waals surface area contributed by atoms with Crippen molar-refractivity contribution in [1.29, 1.82) is 0 Å². The van der Waals surface area contributed by atoms with Gasteiger partial charge in [0.05, 0.1) is 45.3 Å². The number of benzene rings is 4. The summed E-state index contributed by atoms with van der Waals surface area (Å²) in [7, 11) is -2.46. The van der Waals surface area contributed by atoms with Gasteiger partial charge < -0.3 is 34.1 Å². The second-order valence-corrected chi connectivity index (χ2v) is 19.4. The predicted octanol–water partition coefficient (Wildman–Crippen LogP) is 4.76. The van der Waals surface area contributed by atoms with Gasteiger partial charge in [0.25, 0.3) is 26.0 Å². The van der Waals surface area contributed by atoms with Crippen LogP contribution in [0.5, 0.6) is 11.5 Å². The van der Waals surface area contributed by atoms with Crippen molar-refractivity contribution in [3.05, 3.63) is 143 Å². The van der Waals surface area contributed by atoms with Gasteiger partial charge >= 0.3 is 0 Å². The molecule has 25 heteroatoms. The zero-order valence-electron chi connectivity index (χ0n) is 38.6. The fourth-order valence-corrected chi connectivity index (χ4v) is 9.37. The molecule has 0 radical (unpaired) electrons. The smallest absolute Gasteiger partial charge is 0.296 e. The maximum absolute atomic E-state index is 15.8. The molecular formula is C47H43F2N11O10S2. The second-order valence-electron chi connectivity index (χ2n) is 16.1. The van der Waals surface area contributed by atoms with E-state index in [-0.39, 0.29) is 82.7 Å². The van der Waals surface area contributed by atoms with Crippen LogP contribution < -0.4 is 29.6 Å². The van der Waals surface area contributed by atoms with Crippen LogP contribution in [0.15, 0.2) is 123 Å². The summed E-state index contributed by atoms with van der Waals surface area (Å²) in [5.74, 6) is 1.44. The number of ether oxygens (including phenoxy) is 2. The van der Waals surface area contributed by atoms with Crippen LogP contribution >= 0.6 is 0 Å². The Morgan fingerprint density at radius 3 is 1.83 bits per heavy atom. The molecule has 4 N–H and O–H groups in total. The number of hydrogen-bond acceptors (Lipinski definition) is 15. The Hall–Kier alpha value is -8.60. The topological polar surface area (TPSA) is 260 Å². The van der Waals surface area contributed by atoms with Crippen molar-refractivity contribution in [1.82, 2.24) is 45.4 Å². The van der Waals surface area contributed by atoms with Gasteiger partial charge in [-0.25, -0.2) is 25.6 Å². The first kappa shape index (κ1) is 49.8. The Morgan fingerprint density at radius 1 is 0.736 bits per heavy atom. The van der Waals surface area contributed by atoms with Crippen molar-refractivity contribution in [3.8, 4) is 23.3 Å². The molecule has 4 heterocycles. The zero-order valence-corrected chi connectivity index (χ0v) is 40.3. The molecule has 0 unspecified atom stereocenters. The lowest BCUT2D eigenvalue weighted by atomic mass is 10.1. The number of aromatic nitrogens is 6. The first-order chi connectivity index (χ1) is 34.5. The number of likely N-dealkylation sites (N-methyl/N-ethyl adjacent to an activating group) is 1. The van der Waals surface area contributed by atoms with E-state index in [1.165, 1.54) is 50.8 Å². The lowest BCUT2D eigenvalue weighted by Crippen LogP contribution is -2.20. The number of carbonyl (C=O) groups is 2. The van der Waals surface area contributed by atoms with Crippen molar-refractivity contribution in [2.75, 3.05) is 44.3 Å². The first-order valence-electron chi connectivity index (χ1n) is 21.4. The summed E-state index contributed by atoms with van der Waals surface area (Å²) in [5.41, 5.74) is 2.58. The molecule has 0 spiro atoms. The number of nitrogens with zero attached hydrogens (tertiary/aromatic N) is 7. The van der Waals surface area contributed by atoms with Gasteiger partial charge in [0.1, 0.15) is 37.9 Å². The van der Waals surface area contributed by atoms with Crippen LogP contribution in [0.25, 0.3) is 21.9 Å². The van der Waals surface area contributed by atoms with Crippen LogP contribution in [0.3, 0.4) is 0 Å². The highest BCUT2D eigenvalue weighted by Crippen LogP contribution is 2.37. The molecule has 8 aromatic rings. The number of amides is 2. The molecule has 4 aromatic heterocycles. The summed E-state index contributed by atoms with van der Waals surface area (Å²) >= 11 is 0. The molecule has 2 amide bonds. The quantitative estimate of drug-likeness (QED) is 0.0629. The minimum Gasteiger partial charge on any atom is -0.496 e. The van der Waals surface area contributed by atoms with Gasteiger partial charge in [-0.1, -0.05) is 40.5 Å². The summed E-state index contributed by atoms with van der Waals surface area (Å²) in [4.78, 5) is 25.5. The number of methoxy groups -OCH3 is 2. The van der Waals surface area contributed by atoms with Gasteiger partial charge in [0.15, 0.2) is 28.6 Å². The molecule has 0 aliphatic heterocycles. The zero-order chi connectivity index (χ0) is 51.2. The van der Waals surface area contributed by atoms with E-state index in [9.17, 15) is 30.8 Å². The number of hydrogen-bond donors (Lipinski definition) is 4. The van der Waals surface area contributed by atoms with E-state index in [4.69, 9.17) is 18.5 Å². The number of rotatable bonds is 19. The molecule has 72 heavy (non-hydrogen) atoms. The highest BCUT2D eigenvalue weighted by Gasteiger charge is 2.27. The number of sulfonamides is 2. The third kappa shape index (κ3) is 11.5. The molecule has 21 nitrogen and oxygen atoms in total. The van der Waals surface area contributed by atoms with Crippen molar-refractivity contribution in [2.24, 2.45) is 0 Å². The number of carbonyl (C=O) groups excluding carboxylic acids is 2. The predicted molar refractivity (Wildman–Crippen MR) is 256 cm³/mol. The SMILES string of the molecule is COc1cc(Cn2cc(CNC(=O)C#Cc3cccc(S(=O)(=O)Nc4noc5cc(Cn6cc(CNC(=O)/C=C/CN(C)C)cn6)cc(OC)c45)c3F)cn2)cc2onc(NS(=O)(=O)c3ccccc3F)c12. The van der Waals surface area contributed by atoms with E-state index in [2.05, 4.69) is 52.4 Å².